The summed E-state index contributed by atoms with van der Waals surface area (Å²) in [4.78, 5) is 27.0. The molecule has 0 unspecified atom stereocenters. The van der Waals surface area contributed by atoms with E-state index in [0.29, 0.717) is 15.8 Å². The summed E-state index contributed by atoms with van der Waals surface area (Å²) in [6, 6.07) is 12.8. The summed E-state index contributed by atoms with van der Waals surface area (Å²) in [5.74, 6) is -0.646. The Bertz CT molecular complexity index is 1130. The molecule has 2 aromatic carbocycles. The average molecular weight is 473 g/mol. The number of carbonyl (C=O) groups excluding carboxylic acids is 2. The number of sulfonamides is 1. The van der Waals surface area contributed by atoms with Gasteiger partial charge in [-0.25, -0.2) is 8.42 Å². The second-order valence-corrected chi connectivity index (χ2v) is 10.1. The Kier molecular flexibility index (Phi) is 4.18. The van der Waals surface area contributed by atoms with Crippen LogP contribution in [0.3, 0.4) is 0 Å². The number of imide groups is 1. The molecule has 1 heterocycles. The van der Waals surface area contributed by atoms with Crippen LogP contribution >= 0.6 is 15.9 Å². The van der Waals surface area contributed by atoms with Gasteiger partial charge in [-0.3, -0.25) is 19.2 Å². The van der Waals surface area contributed by atoms with Crippen LogP contribution in [0.4, 0.5) is 11.4 Å². The number of benzene rings is 2. The minimum Gasteiger partial charge on any atom is -0.278 e. The van der Waals surface area contributed by atoms with Crippen LogP contribution in [-0.4, -0.2) is 20.2 Å². The fourth-order valence-corrected chi connectivity index (χ4v) is 6.27. The third kappa shape index (κ3) is 2.85. The van der Waals surface area contributed by atoms with Gasteiger partial charge in [0.25, 0.3) is 10.0 Å². The van der Waals surface area contributed by atoms with Gasteiger partial charge in [0.2, 0.25) is 11.8 Å². The number of nitrogens with zero attached hydrogens (tertiary/aromatic N) is 1. The summed E-state index contributed by atoms with van der Waals surface area (Å²) in [6.45, 7) is 0. The number of halogens is 1. The van der Waals surface area contributed by atoms with Crippen LogP contribution in [-0.2, 0) is 19.6 Å². The SMILES string of the molecule is O=C1[C@@H]2[C@H](C(=O)N1c1ccc(S(=O)(=O)Nc3ccccc3Br)cc1)[C@@H]1C=C[C@H]2C1. The van der Waals surface area contributed by atoms with E-state index >= 15 is 0 Å². The molecule has 0 aromatic heterocycles. The molecular formula is C21H17BrN2O4S. The van der Waals surface area contributed by atoms with Crippen LogP contribution in [0.5, 0.6) is 0 Å². The van der Waals surface area contributed by atoms with Crippen molar-refractivity contribution in [1.29, 1.82) is 0 Å². The molecule has 2 aliphatic carbocycles. The zero-order valence-corrected chi connectivity index (χ0v) is 17.6. The molecule has 2 aromatic rings. The number of hydrogen-bond donors (Lipinski definition) is 1. The number of nitrogens with one attached hydrogen (secondary N) is 1. The molecule has 1 saturated heterocycles. The highest BCUT2D eigenvalue weighted by Gasteiger charge is 2.59. The highest BCUT2D eigenvalue weighted by Crippen LogP contribution is 2.53. The molecule has 8 heteroatoms. The maximum absolute atomic E-state index is 12.9. The molecule has 5 rings (SSSR count). The third-order valence-electron chi connectivity index (χ3n) is 5.99. The molecule has 0 spiro atoms. The third-order valence-corrected chi connectivity index (χ3v) is 8.07. The molecule has 4 atom stereocenters. The van der Waals surface area contributed by atoms with Crippen molar-refractivity contribution in [1.82, 2.24) is 0 Å². The van der Waals surface area contributed by atoms with Gasteiger partial charge in [-0.05, 0) is 70.6 Å². The molecule has 148 valence electrons. The number of carbonyl (C=O) groups is 2. The lowest BCUT2D eigenvalue weighted by Crippen LogP contribution is -2.32. The maximum atomic E-state index is 12.9. The van der Waals surface area contributed by atoms with E-state index in [1.807, 2.05) is 12.2 Å². The van der Waals surface area contributed by atoms with Crippen LogP contribution in [0.2, 0.25) is 0 Å². The lowest BCUT2D eigenvalue weighted by atomic mass is 9.85. The molecule has 0 radical (unpaired) electrons. The summed E-state index contributed by atoms with van der Waals surface area (Å²) in [7, 11) is -3.80. The van der Waals surface area contributed by atoms with E-state index in [-0.39, 0.29) is 40.4 Å². The Labute approximate surface area is 176 Å². The van der Waals surface area contributed by atoms with Gasteiger partial charge in [0, 0.05) is 4.47 Å². The summed E-state index contributed by atoms with van der Waals surface area (Å²) in [5, 5.41) is 0. The first-order valence-electron chi connectivity index (χ1n) is 9.30. The van der Waals surface area contributed by atoms with Crippen LogP contribution in [0.25, 0.3) is 0 Å². The molecule has 2 fully saturated rings. The Morgan fingerprint density at radius 2 is 1.48 bits per heavy atom. The fourth-order valence-electron chi connectivity index (χ4n) is 4.68. The Balaban J connectivity index is 1.40. The van der Waals surface area contributed by atoms with Gasteiger partial charge < -0.3 is 0 Å². The first kappa shape index (κ1) is 18.6. The molecule has 3 aliphatic rings. The standard InChI is InChI=1S/C21H17BrN2O4S/c22-16-3-1-2-4-17(16)23-29(27,28)15-9-7-14(8-10-15)24-20(25)18-12-5-6-13(11-12)19(18)21(24)26/h1-10,12-13,18-19,23H,11H2/t12-,13+,18-,19+. The smallest absolute Gasteiger partial charge is 0.261 e. The van der Waals surface area contributed by atoms with Crippen molar-refractivity contribution < 1.29 is 18.0 Å². The Morgan fingerprint density at radius 3 is 2.07 bits per heavy atom. The zero-order valence-electron chi connectivity index (χ0n) is 15.2. The van der Waals surface area contributed by atoms with Crippen molar-refractivity contribution in [2.45, 2.75) is 11.3 Å². The number of fused-ring (bicyclic) bond motifs is 5. The summed E-state index contributed by atoms with van der Waals surface area (Å²) in [5.41, 5.74) is 0.839. The predicted octanol–water partition coefficient (Wildman–Crippen LogP) is 3.56. The largest absolute Gasteiger partial charge is 0.278 e. The van der Waals surface area contributed by atoms with Crippen molar-refractivity contribution in [3.8, 4) is 0 Å². The number of rotatable bonds is 4. The van der Waals surface area contributed by atoms with Gasteiger partial charge in [0.15, 0.2) is 0 Å². The maximum Gasteiger partial charge on any atom is 0.261 e. The lowest BCUT2D eigenvalue weighted by molar-refractivity contribution is -0.123. The first-order chi connectivity index (χ1) is 13.9. The minimum atomic E-state index is -3.80. The van der Waals surface area contributed by atoms with E-state index < -0.39 is 10.0 Å². The van der Waals surface area contributed by atoms with Crippen LogP contribution < -0.4 is 9.62 Å². The molecule has 1 aliphatic heterocycles. The van der Waals surface area contributed by atoms with Crippen LogP contribution in [0.15, 0.2) is 70.1 Å². The number of anilines is 2. The Morgan fingerprint density at radius 1 is 0.897 bits per heavy atom. The second kappa shape index (κ2) is 6.53. The second-order valence-electron chi connectivity index (χ2n) is 7.59. The van der Waals surface area contributed by atoms with Gasteiger partial charge in [0.05, 0.1) is 28.1 Å². The lowest BCUT2D eigenvalue weighted by Gasteiger charge is -2.18. The topological polar surface area (TPSA) is 83.6 Å². The van der Waals surface area contributed by atoms with E-state index in [0.717, 1.165) is 6.42 Å². The van der Waals surface area contributed by atoms with Crippen molar-refractivity contribution in [2.24, 2.45) is 23.7 Å². The quantitative estimate of drug-likeness (QED) is 0.544. The number of para-hydroxylation sites is 1. The monoisotopic (exact) mass is 472 g/mol. The molecule has 6 nitrogen and oxygen atoms in total. The van der Waals surface area contributed by atoms with Crippen molar-refractivity contribution in [3.05, 3.63) is 65.2 Å². The minimum absolute atomic E-state index is 0.0537. The van der Waals surface area contributed by atoms with E-state index in [4.69, 9.17) is 0 Å². The van der Waals surface area contributed by atoms with Gasteiger partial charge >= 0.3 is 0 Å². The van der Waals surface area contributed by atoms with E-state index in [9.17, 15) is 18.0 Å². The van der Waals surface area contributed by atoms with Crippen molar-refractivity contribution in [2.75, 3.05) is 9.62 Å². The fraction of sp³-hybridized carbons (Fsp3) is 0.238. The molecule has 1 saturated carbocycles. The first-order valence-corrected chi connectivity index (χ1v) is 11.6. The molecule has 1 N–H and O–H groups in total. The highest BCUT2D eigenvalue weighted by molar-refractivity contribution is 9.10. The molecule has 29 heavy (non-hydrogen) atoms. The predicted molar refractivity (Wildman–Crippen MR) is 112 cm³/mol. The number of hydrogen-bond acceptors (Lipinski definition) is 4. The molecule has 2 bridgehead atoms. The summed E-state index contributed by atoms with van der Waals surface area (Å²) < 4.78 is 28.5. The van der Waals surface area contributed by atoms with E-state index in [1.165, 1.54) is 29.2 Å². The van der Waals surface area contributed by atoms with E-state index in [1.54, 1.807) is 24.3 Å². The summed E-state index contributed by atoms with van der Waals surface area (Å²) in [6.07, 6.45) is 4.96. The van der Waals surface area contributed by atoms with Crippen molar-refractivity contribution in [3.63, 3.8) is 0 Å². The van der Waals surface area contributed by atoms with Gasteiger partial charge in [-0.1, -0.05) is 24.3 Å². The van der Waals surface area contributed by atoms with Gasteiger partial charge in [-0.2, -0.15) is 0 Å². The van der Waals surface area contributed by atoms with Crippen molar-refractivity contribution >= 4 is 49.1 Å². The van der Waals surface area contributed by atoms with Gasteiger partial charge in [-0.15, -0.1) is 0 Å². The average Bonchev–Trinajstić information content (AvgIpc) is 3.38. The summed E-state index contributed by atoms with van der Waals surface area (Å²) >= 11 is 3.32. The molecule has 2 amide bonds. The highest BCUT2D eigenvalue weighted by atomic mass is 79.9. The van der Waals surface area contributed by atoms with Gasteiger partial charge in [0.1, 0.15) is 0 Å². The van der Waals surface area contributed by atoms with Crippen LogP contribution in [0, 0.1) is 23.7 Å². The zero-order chi connectivity index (χ0) is 20.3. The number of amides is 2. The Hall–Kier alpha value is -2.45. The normalized spacial score (nSPS) is 27.6. The van der Waals surface area contributed by atoms with Crippen LogP contribution in [0.1, 0.15) is 6.42 Å². The molecular weight excluding hydrogens is 456 g/mol. The number of allylic oxidation sites excluding steroid dienone is 2. The van der Waals surface area contributed by atoms with E-state index in [2.05, 4.69) is 20.7 Å².